The van der Waals surface area contributed by atoms with Crippen molar-refractivity contribution in [2.75, 3.05) is 6.54 Å². The van der Waals surface area contributed by atoms with E-state index in [1.165, 1.54) is 6.07 Å². The maximum Gasteiger partial charge on any atom is 0.272 e. The van der Waals surface area contributed by atoms with Crippen LogP contribution in [0.25, 0.3) is 0 Å². The Morgan fingerprint density at radius 3 is 2.55 bits per heavy atom. The molecular weight excluding hydrogens is 258 g/mol. The minimum absolute atomic E-state index is 0.0712. The maximum atomic E-state index is 11.8. The van der Waals surface area contributed by atoms with Crippen LogP contribution in [0.15, 0.2) is 24.3 Å². The third-order valence-electron chi connectivity index (χ3n) is 3.10. The van der Waals surface area contributed by atoms with Gasteiger partial charge < -0.3 is 11.1 Å². The molecule has 0 saturated carbocycles. The largest absolute Gasteiger partial charge is 0.354 e. The molecule has 6 heteroatoms. The van der Waals surface area contributed by atoms with Crippen LogP contribution in [-0.2, 0) is 11.2 Å². The topological polar surface area (TPSA) is 98.3 Å². The van der Waals surface area contributed by atoms with Crippen molar-refractivity contribution in [3.8, 4) is 0 Å². The minimum atomic E-state index is -0.603. The van der Waals surface area contributed by atoms with Gasteiger partial charge in [0.05, 0.1) is 11.0 Å². The molecule has 3 N–H and O–H groups in total. The first kappa shape index (κ1) is 16.1. The number of para-hydroxylation sites is 1. The molecular formula is C14H21N3O3. The minimum Gasteiger partial charge on any atom is -0.354 e. The quantitative estimate of drug-likeness (QED) is 0.632. The molecule has 20 heavy (non-hydrogen) atoms. The summed E-state index contributed by atoms with van der Waals surface area (Å²) in [6, 6.07) is 5.90. The summed E-state index contributed by atoms with van der Waals surface area (Å²) in [6.45, 7) is 5.99. The van der Waals surface area contributed by atoms with E-state index in [0.29, 0.717) is 18.5 Å². The fourth-order valence-corrected chi connectivity index (χ4v) is 1.72. The standard InChI is InChI=1S/C14H21N3O3/c1-14(2,3)12(15)13(18)16-9-8-10-6-4-5-7-11(10)17(19)20/h4-7,12H,8-9,15H2,1-3H3,(H,16,18)/t12-/m1/s1. The van der Waals surface area contributed by atoms with Crippen LogP contribution in [0.2, 0.25) is 0 Å². The number of benzene rings is 1. The highest BCUT2D eigenvalue weighted by Crippen LogP contribution is 2.18. The normalized spacial score (nSPS) is 12.8. The van der Waals surface area contributed by atoms with Gasteiger partial charge in [-0.1, -0.05) is 39.0 Å². The van der Waals surface area contributed by atoms with Crippen molar-refractivity contribution in [2.24, 2.45) is 11.1 Å². The number of nitro groups is 1. The molecule has 6 nitrogen and oxygen atoms in total. The van der Waals surface area contributed by atoms with Crippen LogP contribution in [0.1, 0.15) is 26.3 Å². The molecule has 1 rings (SSSR count). The monoisotopic (exact) mass is 279 g/mol. The van der Waals surface area contributed by atoms with Crippen LogP contribution in [0, 0.1) is 15.5 Å². The van der Waals surface area contributed by atoms with Gasteiger partial charge in [0.15, 0.2) is 0 Å². The summed E-state index contributed by atoms with van der Waals surface area (Å²) < 4.78 is 0. The van der Waals surface area contributed by atoms with Gasteiger partial charge in [0.25, 0.3) is 5.69 Å². The molecule has 1 aromatic rings. The lowest BCUT2D eigenvalue weighted by molar-refractivity contribution is -0.385. The molecule has 0 spiro atoms. The summed E-state index contributed by atoms with van der Waals surface area (Å²) in [4.78, 5) is 22.3. The van der Waals surface area contributed by atoms with E-state index in [1.54, 1.807) is 18.2 Å². The maximum absolute atomic E-state index is 11.8. The third kappa shape index (κ3) is 4.31. The van der Waals surface area contributed by atoms with Gasteiger partial charge in [0.2, 0.25) is 5.91 Å². The number of nitrogens with zero attached hydrogens (tertiary/aromatic N) is 1. The van der Waals surface area contributed by atoms with E-state index in [-0.39, 0.29) is 17.0 Å². The summed E-state index contributed by atoms with van der Waals surface area (Å²) in [5, 5.41) is 13.6. The number of nitrogens with two attached hydrogens (primary N) is 1. The van der Waals surface area contributed by atoms with Crippen LogP contribution in [0.4, 0.5) is 5.69 Å². The number of rotatable bonds is 5. The molecule has 1 aromatic carbocycles. The average molecular weight is 279 g/mol. The second-order valence-electron chi connectivity index (χ2n) is 5.77. The van der Waals surface area contributed by atoms with Crippen molar-refractivity contribution < 1.29 is 9.72 Å². The zero-order valence-electron chi connectivity index (χ0n) is 12.1. The average Bonchev–Trinajstić information content (AvgIpc) is 2.37. The number of carbonyl (C=O) groups is 1. The van der Waals surface area contributed by atoms with E-state index in [1.807, 2.05) is 20.8 Å². The molecule has 0 aliphatic rings. The smallest absolute Gasteiger partial charge is 0.272 e. The number of nitro benzene ring substituents is 1. The Morgan fingerprint density at radius 1 is 1.40 bits per heavy atom. The van der Waals surface area contributed by atoms with Crippen LogP contribution < -0.4 is 11.1 Å². The zero-order chi connectivity index (χ0) is 15.3. The molecule has 1 amide bonds. The molecule has 0 aromatic heterocycles. The molecule has 0 aliphatic heterocycles. The molecule has 0 fully saturated rings. The Morgan fingerprint density at radius 2 is 2.00 bits per heavy atom. The van der Waals surface area contributed by atoms with E-state index in [0.717, 1.165) is 0 Å². The lowest BCUT2D eigenvalue weighted by Gasteiger charge is -2.25. The highest BCUT2D eigenvalue weighted by atomic mass is 16.6. The summed E-state index contributed by atoms with van der Waals surface area (Å²) in [5.41, 5.74) is 6.19. The van der Waals surface area contributed by atoms with Crippen molar-refractivity contribution in [2.45, 2.75) is 33.2 Å². The Labute approximate surface area is 118 Å². The van der Waals surface area contributed by atoms with Crippen LogP contribution in [0.3, 0.4) is 0 Å². The molecule has 0 aliphatic carbocycles. The van der Waals surface area contributed by atoms with Crippen LogP contribution in [-0.4, -0.2) is 23.4 Å². The van der Waals surface area contributed by atoms with Gasteiger partial charge >= 0.3 is 0 Å². The lowest BCUT2D eigenvalue weighted by Crippen LogP contribution is -2.49. The summed E-state index contributed by atoms with van der Waals surface area (Å²) in [5.74, 6) is -0.240. The predicted molar refractivity (Wildman–Crippen MR) is 77.2 cm³/mol. The van der Waals surface area contributed by atoms with Crippen molar-refractivity contribution in [1.29, 1.82) is 0 Å². The van der Waals surface area contributed by atoms with Gasteiger partial charge in [0.1, 0.15) is 0 Å². The number of amides is 1. The van der Waals surface area contributed by atoms with Crippen LogP contribution in [0.5, 0.6) is 0 Å². The highest BCUT2D eigenvalue weighted by molar-refractivity contribution is 5.82. The number of carbonyl (C=O) groups excluding carboxylic acids is 1. The highest BCUT2D eigenvalue weighted by Gasteiger charge is 2.27. The second-order valence-corrected chi connectivity index (χ2v) is 5.77. The Hall–Kier alpha value is -1.95. The second kappa shape index (κ2) is 6.47. The Balaban J connectivity index is 2.58. The predicted octanol–water partition coefficient (Wildman–Crippen LogP) is 1.63. The van der Waals surface area contributed by atoms with E-state index >= 15 is 0 Å². The van der Waals surface area contributed by atoms with Gasteiger partial charge in [-0.2, -0.15) is 0 Å². The van der Waals surface area contributed by atoms with Crippen molar-refractivity contribution in [1.82, 2.24) is 5.32 Å². The first-order valence-corrected chi connectivity index (χ1v) is 6.49. The molecule has 0 heterocycles. The van der Waals surface area contributed by atoms with Gasteiger partial charge in [-0.05, 0) is 11.8 Å². The first-order chi connectivity index (χ1) is 9.23. The van der Waals surface area contributed by atoms with E-state index < -0.39 is 11.0 Å². The van der Waals surface area contributed by atoms with E-state index in [2.05, 4.69) is 5.32 Å². The van der Waals surface area contributed by atoms with Crippen molar-refractivity contribution in [3.63, 3.8) is 0 Å². The molecule has 0 unspecified atom stereocenters. The fraction of sp³-hybridized carbons (Fsp3) is 0.500. The molecule has 110 valence electrons. The van der Waals surface area contributed by atoms with Gasteiger partial charge in [-0.3, -0.25) is 14.9 Å². The number of hydrogen-bond acceptors (Lipinski definition) is 4. The molecule has 0 saturated heterocycles. The van der Waals surface area contributed by atoms with E-state index in [9.17, 15) is 14.9 Å². The molecule has 0 radical (unpaired) electrons. The molecule has 0 bridgehead atoms. The Kier molecular flexibility index (Phi) is 5.21. The third-order valence-corrected chi connectivity index (χ3v) is 3.10. The lowest BCUT2D eigenvalue weighted by atomic mass is 9.87. The van der Waals surface area contributed by atoms with Gasteiger partial charge in [-0.15, -0.1) is 0 Å². The van der Waals surface area contributed by atoms with Crippen LogP contribution >= 0.6 is 0 Å². The first-order valence-electron chi connectivity index (χ1n) is 6.49. The van der Waals surface area contributed by atoms with Crippen molar-refractivity contribution in [3.05, 3.63) is 39.9 Å². The summed E-state index contributed by atoms with van der Waals surface area (Å²) in [7, 11) is 0. The molecule has 1 atom stereocenters. The number of nitrogens with one attached hydrogen (secondary N) is 1. The van der Waals surface area contributed by atoms with E-state index in [4.69, 9.17) is 5.73 Å². The van der Waals surface area contributed by atoms with Gasteiger partial charge in [-0.25, -0.2) is 0 Å². The zero-order valence-corrected chi connectivity index (χ0v) is 12.1. The SMILES string of the molecule is CC(C)(C)[C@H](N)C(=O)NCCc1ccccc1[N+](=O)[O-]. The number of hydrogen-bond donors (Lipinski definition) is 2. The summed E-state index contributed by atoms with van der Waals surface area (Å²) in [6.07, 6.45) is 0.403. The van der Waals surface area contributed by atoms with Crippen molar-refractivity contribution >= 4 is 11.6 Å². The Bertz CT molecular complexity index is 495. The summed E-state index contributed by atoms with van der Waals surface area (Å²) >= 11 is 0. The van der Waals surface area contributed by atoms with Gasteiger partial charge in [0, 0.05) is 18.2 Å². The fourth-order valence-electron chi connectivity index (χ4n) is 1.72.